The lowest BCUT2D eigenvalue weighted by molar-refractivity contribution is -0.923. The van der Waals surface area contributed by atoms with E-state index in [0.717, 1.165) is 24.1 Å². The van der Waals surface area contributed by atoms with Gasteiger partial charge in [-0.15, -0.1) is 0 Å². The molecule has 1 atom stereocenters. The predicted octanol–water partition coefficient (Wildman–Crippen LogP) is 8.41. The Bertz CT molecular complexity index is 552. The summed E-state index contributed by atoms with van der Waals surface area (Å²) in [5.74, 6) is 0. The lowest BCUT2D eigenvalue weighted by atomic mass is 10.0. The molecule has 30 heavy (non-hydrogen) atoms. The zero-order valence-electron chi connectivity index (χ0n) is 19.6. The van der Waals surface area contributed by atoms with Gasteiger partial charge in [0.1, 0.15) is 13.1 Å². The van der Waals surface area contributed by atoms with Gasteiger partial charge in [-0.2, -0.15) is 0 Å². The number of hydrogen-bond acceptors (Lipinski definition) is 1. The van der Waals surface area contributed by atoms with E-state index in [-0.39, 0.29) is 6.61 Å². The van der Waals surface area contributed by atoms with E-state index in [0.29, 0.717) is 10.0 Å². The van der Waals surface area contributed by atoms with Crippen LogP contribution in [0, 0.1) is 0 Å². The molecule has 0 bridgehead atoms. The highest BCUT2D eigenvalue weighted by atomic mass is 35.5. The monoisotopic (exact) mass is 458 g/mol. The van der Waals surface area contributed by atoms with E-state index in [1.165, 1.54) is 95.5 Å². The summed E-state index contributed by atoms with van der Waals surface area (Å²) < 4.78 is 0.854. The van der Waals surface area contributed by atoms with Crippen molar-refractivity contribution in [1.82, 2.24) is 0 Å². The van der Waals surface area contributed by atoms with Gasteiger partial charge in [0.2, 0.25) is 0 Å². The van der Waals surface area contributed by atoms with Crippen LogP contribution in [0.5, 0.6) is 0 Å². The first-order valence-corrected chi connectivity index (χ1v) is 13.1. The van der Waals surface area contributed by atoms with Crippen molar-refractivity contribution in [1.29, 1.82) is 0 Å². The molecule has 174 valence electrons. The number of likely N-dealkylation sites (N-methyl/N-ethyl adjacent to an activating group) is 1. The Labute approximate surface area is 196 Å². The Morgan fingerprint density at radius 3 is 1.67 bits per heavy atom. The molecule has 0 saturated carbocycles. The van der Waals surface area contributed by atoms with Crippen LogP contribution < -0.4 is 0 Å². The Morgan fingerprint density at radius 2 is 1.20 bits per heavy atom. The van der Waals surface area contributed by atoms with Gasteiger partial charge in [-0.05, 0) is 25.0 Å². The van der Waals surface area contributed by atoms with Crippen LogP contribution in [0.15, 0.2) is 18.2 Å². The third-order valence-corrected chi connectivity index (χ3v) is 6.98. The third-order valence-electron chi connectivity index (χ3n) is 6.24. The first-order valence-electron chi connectivity index (χ1n) is 12.4. The summed E-state index contributed by atoms with van der Waals surface area (Å²) in [5, 5.41) is 10.7. The Morgan fingerprint density at radius 1 is 0.700 bits per heavy atom. The fourth-order valence-electron chi connectivity index (χ4n) is 4.28. The smallest absolute Gasteiger partial charge is 0.104 e. The van der Waals surface area contributed by atoms with Gasteiger partial charge in [-0.25, -0.2) is 0 Å². The van der Waals surface area contributed by atoms with Gasteiger partial charge in [-0.1, -0.05) is 113 Å². The summed E-state index contributed by atoms with van der Waals surface area (Å²) in [7, 11) is 2.24. The van der Waals surface area contributed by atoms with Crippen LogP contribution in [0.3, 0.4) is 0 Å². The van der Waals surface area contributed by atoms with Crippen molar-refractivity contribution in [2.24, 2.45) is 0 Å². The average molecular weight is 460 g/mol. The number of aliphatic hydroxyl groups excluding tert-OH is 1. The molecule has 0 fully saturated rings. The number of benzene rings is 1. The van der Waals surface area contributed by atoms with Crippen LogP contribution in [0.4, 0.5) is 0 Å². The molecule has 0 aliphatic carbocycles. The largest absolute Gasteiger partial charge is 0.391 e. The molecule has 0 aliphatic rings. The van der Waals surface area contributed by atoms with Crippen molar-refractivity contribution >= 4 is 23.2 Å². The third kappa shape index (κ3) is 13.2. The molecular formula is C26H46Cl2NO+. The first-order chi connectivity index (χ1) is 14.5. The molecule has 1 unspecified atom stereocenters. The number of halogens is 2. The minimum atomic E-state index is 0.219. The molecule has 0 heterocycles. The van der Waals surface area contributed by atoms with Crippen LogP contribution in [0.1, 0.15) is 102 Å². The van der Waals surface area contributed by atoms with Crippen LogP contribution in [-0.2, 0) is 6.54 Å². The molecule has 1 aromatic rings. The van der Waals surface area contributed by atoms with Crippen molar-refractivity contribution in [2.45, 2.75) is 103 Å². The molecule has 0 radical (unpaired) electrons. The molecule has 4 heteroatoms. The number of aliphatic hydroxyl groups is 1. The quantitative estimate of drug-likeness (QED) is 0.163. The van der Waals surface area contributed by atoms with E-state index in [4.69, 9.17) is 23.2 Å². The highest BCUT2D eigenvalue weighted by molar-refractivity contribution is 6.42. The minimum Gasteiger partial charge on any atom is -0.391 e. The van der Waals surface area contributed by atoms with Crippen molar-refractivity contribution in [2.75, 3.05) is 26.7 Å². The lowest BCUT2D eigenvalue weighted by Crippen LogP contribution is -2.46. The van der Waals surface area contributed by atoms with E-state index in [9.17, 15) is 5.11 Å². The maximum Gasteiger partial charge on any atom is 0.104 e. The summed E-state index contributed by atoms with van der Waals surface area (Å²) in [4.78, 5) is 0. The van der Waals surface area contributed by atoms with E-state index < -0.39 is 0 Å². The van der Waals surface area contributed by atoms with Gasteiger partial charge < -0.3 is 9.59 Å². The average Bonchev–Trinajstić information content (AvgIpc) is 2.71. The van der Waals surface area contributed by atoms with E-state index in [1.807, 2.05) is 18.2 Å². The normalized spacial score (nSPS) is 13.5. The van der Waals surface area contributed by atoms with Crippen LogP contribution in [0.25, 0.3) is 0 Å². The van der Waals surface area contributed by atoms with Crippen molar-refractivity contribution in [3.8, 4) is 0 Å². The van der Waals surface area contributed by atoms with Gasteiger partial charge in [0.25, 0.3) is 0 Å². The molecule has 0 aromatic heterocycles. The molecule has 1 aromatic carbocycles. The van der Waals surface area contributed by atoms with Gasteiger partial charge in [0.05, 0.1) is 30.2 Å². The summed E-state index contributed by atoms with van der Waals surface area (Å²) >= 11 is 12.2. The highest BCUT2D eigenvalue weighted by Gasteiger charge is 2.21. The second kappa shape index (κ2) is 17.3. The van der Waals surface area contributed by atoms with E-state index in [1.54, 1.807) is 0 Å². The minimum absolute atomic E-state index is 0.219. The zero-order chi connectivity index (χ0) is 22.1. The highest BCUT2D eigenvalue weighted by Crippen LogP contribution is 2.24. The topological polar surface area (TPSA) is 20.2 Å². The molecule has 1 N–H and O–H groups in total. The molecule has 2 nitrogen and oxygen atoms in total. The van der Waals surface area contributed by atoms with Crippen molar-refractivity contribution in [3.63, 3.8) is 0 Å². The maximum absolute atomic E-state index is 9.53. The summed E-state index contributed by atoms with van der Waals surface area (Å²) in [6, 6.07) is 5.88. The van der Waals surface area contributed by atoms with Gasteiger partial charge in [0, 0.05) is 5.56 Å². The number of rotatable bonds is 19. The second-order valence-corrected chi connectivity index (χ2v) is 10.1. The maximum atomic E-state index is 9.53. The number of quaternary nitrogens is 1. The number of unbranched alkanes of at least 4 members (excludes halogenated alkanes) is 13. The fourth-order valence-corrected chi connectivity index (χ4v) is 4.60. The Kier molecular flexibility index (Phi) is 16.0. The molecular weight excluding hydrogens is 413 g/mol. The SMILES string of the molecule is CCCCCCCCCCCCCCCC[N+](C)(CCO)Cc1ccc(Cl)c(Cl)c1. The van der Waals surface area contributed by atoms with Gasteiger partial charge >= 0.3 is 0 Å². The molecule has 0 spiro atoms. The van der Waals surface area contributed by atoms with Crippen molar-refractivity contribution < 1.29 is 9.59 Å². The predicted molar refractivity (Wildman–Crippen MR) is 133 cm³/mol. The summed E-state index contributed by atoms with van der Waals surface area (Å²) in [5.41, 5.74) is 1.19. The summed E-state index contributed by atoms with van der Waals surface area (Å²) in [6.07, 6.45) is 19.4. The fraction of sp³-hybridized carbons (Fsp3) is 0.769. The lowest BCUT2D eigenvalue weighted by Gasteiger charge is -2.34. The van der Waals surface area contributed by atoms with Crippen LogP contribution >= 0.6 is 23.2 Å². The molecule has 0 saturated heterocycles. The summed E-state index contributed by atoms with van der Waals surface area (Å²) in [6.45, 7) is 5.26. The van der Waals surface area contributed by atoms with Crippen LogP contribution in [-0.4, -0.2) is 36.3 Å². The second-order valence-electron chi connectivity index (χ2n) is 9.29. The van der Waals surface area contributed by atoms with E-state index in [2.05, 4.69) is 14.0 Å². The Balaban J connectivity index is 2.10. The number of nitrogens with zero attached hydrogens (tertiary/aromatic N) is 1. The first kappa shape index (κ1) is 27.8. The van der Waals surface area contributed by atoms with Crippen molar-refractivity contribution in [3.05, 3.63) is 33.8 Å². The molecule has 1 rings (SSSR count). The van der Waals surface area contributed by atoms with Gasteiger partial charge in [-0.3, -0.25) is 0 Å². The molecule has 0 amide bonds. The van der Waals surface area contributed by atoms with E-state index >= 15 is 0 Å². The number of hydrogen-bond donors (Lipinski definition) is 1. The van der Waals surface area contributed by atoms with Crippen LogP contribution in [0.2, 0.25) is 10.0 Å². The Hall–Kier alpha value is -0.280. The molecule has 0 aliphatic heterocycles. The van der Waals surface area contributed by atoms with Gasteiger partial charge in [0.15, 0.2) is 0 Å². The zero-order valence-corrected chi connectivity index (χ0v) is 21.1. The standard InChI is InChI=1S/C26H46Cl2NO/c1-3-4-5-6-7-8-9-10-11-12-13-14-15-16-19-29(2,20-21-30)23-24-17-18-25(27)26(28)22-24/h17-18,22,30H,3-16,19-21,23H2,1-2H3/q+1.